The van der Waals surface area contributed by atoms with Crippen molar-refractivity contribution >= 4 is 11.2 Å². The van der Waals surface area contributed by atoms with Gasteiger partial charge in [0.15, 0.2) is 11.2 Å². The van der Waals surface area contributed by atoms with Crippen LogP contribution in [0.1, 0.15) is 19.8 Å². The minimum atomic E-state index is -0.389. The zero-order chi connectivity index (χ0) is 11.5. The van der Waals surface area contributed by atoms with Crippen LogP contribution in [-0.2, 0) is 6.54 Å². The minimum Gasteiger partial charge on any atom is -0.406 e. The number of rotatable bonds is 4. The van der Waals surface area contributed by atoms with Crippen LogP contribution in [0.3, 0.4) is 0 Å². The second-order valence-electron chi connectivity index (χ2n) is 3.85. The number of nitrogens with zero attached hydrogens (tertiary/aromatic N) is 2. The van der Waals surface area contributed by atoms with Crippen LogP contribution in [0.15, 0.2) is 27.5 Å². The van der Waals surface area contributed by atoms with E-state index in [2.05, 4.69) is 11.9 Å². The highest BCUT2D eigenvalue weighted by Crippen LogP contribution is 2.09. The SMILES string of the molecule is CCCC(N)Cn1c(=O)oc2cccnc21. The topological polar surface area (TPSA) is 74.0 Å². The second kappa shape index (κ2) is 4.49. The van der Waals surface area contributed by atoms with Crippen LogP contribution < -0.4 is 11.5 Å². The Morgan fingerprint density at radius 2 is 2.44 bits per heavy atom. The van der Waals surface area contributed by atoms with Gasteiger partial charge in [0.25, 0.3) is 0 Å². The van der Waals surface area contributed by atoms with Crippen molar-refractivity contribution in [2.75, 3.05) is 0 Å². The van der Waals surface area contributed by atoms with Gasteiger partial charge in [-0.3, -0.25) is 4.57 Å². The molecule has 1 unspecified atom stereocenters. The number of nitrogens with two attached hydrogens (primary N) is 1. The molecule has 0 bridgehead atoms. The summed E-state index contributed by atoms with van der Waals surface area (Å²) in [6.45, 7) is 2.52. The van der Waals surface area contributed by atoms with E-state index in [0.717, 1.165) is 12.8 Å². The third kappa shape index (κ3) is 1.99. The molecule has 0 fully saturated rings. The van der Waals surface area contributed by atoms with Gasteiger partial charge in [-0.1, -0.05) is 13.3 Å². The fraction of sp³-hybridized carbons (Fsp3) is 0.455. The Labute approximate surface area is 92.9 Å². The highest BCUT2D eigenvalue weighted by molar-refractivity contribution is 5.67. The fourth-order valence-corrected chi connectivity index (χ4v) is 1.76. The molecule has 2 rings (SSSR count). The molecule has 16 heavy (non-hydrogen) atoms. The van der Waals surface area contributed by atoms with Crippen molar-refractivity contribution in [3.8, 4) is 0 Å². The van der Waals surface area contributed by atoms with E-state index in [0.29, 0.717) is 17.8 Å². The normalized spacial score (nSPS) is 13.1. The van der Waals surface area contributed by atoms with Gasteiger partial charge in [-0.25, -0.2) is 9.78 Å². The molecule has 2 aromatic heterocycles. The first-order chi connectivity index (χ1) is 7.72. The molecule has 0 saturated carbocycles. The maximum atomic E-state index is 11.6. The van der Waals surface area contributed by atoms with Crippen LogP contribution in [0, 0.1) is 0 Å². The summed E-state index contributed by atoms with van der Waals surface area (Å²) in [5.74, 6) is -0.389. The van der Waals surface area contributed by atoms with Crippen molar-refractivity contribution in [1.29, 1.82) is 0 Å². The summed E-state index contributed by atoms with van der Waals surface area (Å²) < 4.78 is 6.56. The van der Waals surface area contributed by atoms with E-state index >= 15 is 0 Å². The lowest BCUT2D eigenvalue weighted by molar-refractivity contribution is 0.459. The monoisotopic (exact) mass is 221 g/mol. The van der Waals surface area contributed by atoms with Crippen LogP contribution in [0.4, 0.5) is 0 Å². The summed E-state index contributed by atoms with van der Waals surface area (Å²) in [5, 5.41) is 0. The molecule has 2 aromatic rings. The van der Waals surface area contributed by atoms with Crippen LogP contribution in [0.25, 0.3) is 11.2 Å². The molecule has 2 heterocycles. The summed E-state index contributed by atoms with van der Waals surface area (Å²) >= 11 is 0. The predicted octanol–water partition coefficient (Wildman–Crippen LogP) is 1.12. The molecule has 0 aliphatic carbocycles. The molecule has 0 radical (unpaired) electrons. The van der Waals surface area contributed by atoms with E-state index in [-0.39, 0.29) is 11.8 Å². The van der Waals surface area contributed by atoms with Gasteiger partial charge in [-0.2, -0.15) is 0 Å². The Hall–Kier alpha value is -1.62. The Balaban J connectivity index is 2.36. The van der Waals surface area contributed by atoms with E-state index in [1.807, 2.05) is 0 Å². The van der Waals surface area contributed by atoms with E-state index in [1.54, 1.807) is 18.3 Å². The largest absolute Gasteiger partial charge is 0.421 e. The highest BCUT2D eigenvalue weighted by atomic mass is 16.4. The van der Waals surface area contributed by atoms with Crippen molar-refractivity contribution < 1.29 is 4.42 Å². The summed E-state index contributed by atoms with van der Waals surface area (Å²) in [6.07, 6.45) is 3.52. The molecule has 0 saturated heterocycles. The van der Waals surface area contributed by atoms with E-state index < -0.39 is 0 Å². The summed E-state index contributed by atoms with van der Waals surface area (Å²) in [6, 6.07) is 3.43. The number of aromatic nitrogens is 2. The van der Waals surface area contributed by atoms with Crippen molar-refractivity contribution in [3.63, 3.8) is 0 Å². The van der Waals surface area contributed by atoms with Gasteiger partial charge < -0.3 is 10.2 Å². The van der Waals surface area contributed by atoms with E-state index in [4.69, 9.17) is 10.2 Å². The van der Waals surface area contributed by atoms with Gasteiger partial charge in [0.05, 0.1) is 0 Å². The number of fused-ring (bicyclic) bond motifs is 1. The second-order valence-corrected chi connectivity index (χ2v) is 3.85. The van der Waals surface area contributed by atoms with Gasteiger partial charge in [0, 0.05) is 18.8 Å². The summed E-state index contributed by atoms with van der Waals surface area (Å²) in [5.41, 5.74) is 6.99. The summed E-state index contributed by atoms with van der Waals surface area (Å²) in [7, 11) is 0. The molecule has 0 amide bonds. The Kier molecular flexibility index (Phi) is 3.05. The van der Waals surface area contributed by atoms with Crippen LogP contribution in [-0.4, -0.2) is 15.6 Å². The lowest BCUT2D eigenvalue weighted by Gasteiger charge is -2.09. The minimum absolute atomic E-state index is 0.0366. The number of hydrogen-bond donors (Lipinski definition) is 1. The van der Waals surface area contributed by atoms with Crippen molar-refractivity contribution in [2.24, 2.45) is 5.73 Å². The third-order valence-corrected chi connectivity index (χ3v) is 2.50. The maximum absolute atomic E-state index is 11.6. The predicted molar refractivity (Wildman–Crippen MR) is 61.2 cm³/mol. The average molecular weight is 221 g/mol. The van der Waals surface area contributed by atoms with Crippen LogP contribution in [0.5, 0.6) is 0 Å². The van der Waals surface area contributed by atoms with Crippen LogP contribution in [0.2, 0.25) is 0 Å². The van der Waals surface area contributed by atoms with Crippen molar-refractivity contribution in [1.82, 2.24) is 9.55 Å². The Morgan fingerprint density at radius 1 is 1.62 bits per heavy atom. The van der Waals surface area contributed by atoms with E-state index in [9.17, 15) is 4.79 Å². The number of hydrogen-bond acceptors (Lipinski definition) is 4. The van der Waals surface area contributed by atoms with Gasteiger partial charge in [-0.15, -0.1) is 0 Å². The van der Waals surface area contributed by atoms with Gasteiger partial charge in [-0.05, 0) is 18.6 Å². The lowest BCUT2D eigenvalue weighted by Crippen LogP contribution is -2.30. The molecule has 0 aliphatic rings. The van der Waals surface area contributed by atoms with Gasteiger partial charge >= 0.3 is 5.76 Å². The molecule has 5 nitrogen and oxygen atoms in total. The standard InChI is InChI=1S/C11H15N3O2/c1-2-4-8(12)7-14-10-9(16-11(14)15)5-3-6-13-10/h3,5-6,8H,2,4,7,12H2,1H3. The maximum Gasteiger partial charge on any atom is 0.421 e. The zero-order valence-corrected chi connectivity index (χ0v) is 9.22. The molecule has 1 atom stereocenters. The Bertz CT molecular complexity index is 529. The fourth-order valence-electron chi connectivity index (χ4n) is 1.76. The van der Waals surface area contributed by atoms with Gasteiger partial charge in [0.1, 0.15) is 0 Å². The first-order valence-corrected chi connectivity index (χ1v) is 5.42. The number of pyridine rings is 1. The lowest BCUT2D eigenvalue weighted by atomic mass is 10.2. The van der Waals surface area contributed by atoms with Crippen LogP contribution >= 0.6 is 0 Å². The average Bonchev–Trinajstić information content (AvgIpc) is 2.56. The summed E-state index contributed by atoms with van der Waals surface area (Å²) in [4.78, 5) is 15.7. The number of oxazole rings is 1. The third-order valence-electron chi connectivity index (χ3n) is 2.50. The molecule has 0 aromatic carbocycles. The smallest absolute Gasteiger partial charge is 0.406 e. The Morgan fingerprint density at radius 3 is 3.19 bits per heavy atom. The first kappa shape index (κ1) is 10.9. The molecule has 5 heteroatoms. The first-order valence-electron chi connectivity index (χ1n) is 5.42. The van der Waals surface area contributed by atoms with Crippen molar-refractivity contribution in [2.45, 2.75) is 32.4 Å². The quantitative estimate of drug-likeness (QED) is 0.839. The molecule has 0 spiro atoms. The highest BCUT2D eigenvalue weighted by Gasteiger charge is 2.12. The molecule has 0 aliphatic heterocycles. The van der Waals surface area contributed by atoms with Gasteiger partial charge in [0.2, 0.25) is 0 Å². The van der Waals surface area contributed by atoms with E-state index in [1.165, 1.54) is 4.57 Å². The molecular weight excluding hydrogens is 206 g/mol. The molecule has 86 valence electrons. The molecular formula is C11H15N3O2. The molecule has 2 N–H and O–H groups in total. The van der Waals surface area contributed by atoms with Crippen molar-refractivity contribution in [3.05, 3.63) is 28.9 Å². The zero-order valence-electron chi connectivity index (χ0n) is 9.22.